The third-order valence-electron chi connectivity index (χ3n) is 3.74. The molecule has 1 aliphatic carbocycles. The van der Waals surface area contributed by atoms with Crippen LogP contribution in [0.4, 0.5) is 0 Å². The van der Waals surface area contributed by atoms with Crippen molar-refractivity contribution in [2.45, 2.75) is 24.9 Å². The first-order chi connectivity index (χ1) is 9.64. The Morgan fingerprint density at radius 2 is 2.25 bits per heavy atom. The van der Waals surface area contributed by atoms with Gasteiger partial charge in [-0.25, -0.2) is 4.79 Å². The summed E-state index contributed by atoms with van der Waals surface area (Å²) in [5, 5.41) is 13.0. The minimum Gasteiger partial charge on any atom is -0.478 e. The summed E-state index contributed by atoms with van der Waals surface area (Å²) in [7, 11) is 1.64. The van der Waals surface area contributed by atoms with Gasteiger partial charge in [0.2, 0.25) is 5.82 Å². The number of aromatic nitrogens is 2. The van der Waals surface area contributed by atoms with E-state index in [2.05, 4.69) is 10.1 Å². The van der Waals surface area contributed by atoms with Gasteiger partial charge in [-0.05, 0) is 37.5 Å². The molecule has 1 heterocycles. The zero-order valence-electron chi connectivity index (χ0n) is 11.0. The van der Waals surface area contributed by atoms with Crippen LogP contribution in [0.25, 0.3) is 11.5 Å². The molecule has 1 saturated carbocycles. The Morgan fingerprint density at radius 1 is 1.45 bits per heavy atom. The summed E-state index contributed by atoms with van der Waals surface area (Å²) in [6.07, 6.45) is 2.82. The molecule has 6 heteroatoms. The molecule has 2 aromatic rings. The topological polar surface area (TPSA) is 85.5 Å². The second kappa shape index (κ2) is 4.72. The number of methoxy groups -OCH3 is 1. The molecule has 1 aromatic heterocycles. The summed E-state index contributed by atoms with van der Waals surface area (Å²) in [6.45, 7) is 0. The molecule has 0 unspecified atom stereocenters. The van der Waals surface area contributed by atoms with Crippen molar-refractivity contribution in [3.8, 4) is 11.5 Å². The van der Waals surface area contributed by atoms with E-state index >= 15 is 0 Å². The van der Waals surface area contributed by atoms with Gasteiger partial charge in [0, 0.05) is 12.7 Å². The molecule has 1 N–H and O–H groups in total. The summed E-state index contributed by atoms with van der Waals surface area (Å²) in [5.74, 6) is -0.146. The molecular weight excluding hydrogens is 260 g/mol. The van der Waals surface area contributed by atoms with Gasteiger partial charge in [0.25, 0.3) is 5.89 Å². The fraction of sp³-hybridized carbons (Fsp3) is 0.357. The van der Waals surface area contributed by atoms with Crippen molar-refractivity contribution < 1.29 is 19.2 Å². The molecule has 1 aromatic carbocycles. The highest BCUT2D eigenvalue weighted by molar-refractivity contribution is 5.88. The Morgan fingerprint density at radius 3 is 2.85 bits per heavy atom. The molecule has 104 valence electrons. The van der Waals surface area contributed by atoms with Crippen molar-refractivity contribution in [2.24, 2.45) is 0 Å². The molecule has 3 rings (SSSR count). The average Bonchev–Trinajstić information content (AvgIpc) is 2.88. The molecule has 0 atom stereocenters. The van der Waals surface area contributed by atoms with Crippen molar-refractivity contribution in [3.05, 3.63) is 35.7 Å². The van der Waals surface area contributed by atoms with Crippen LogP contribution in [0, 0.1) is 0 Å². The van der Waals surface area contributed by atoms with Crippen LogP contribution in [0.1, 0.15) is 35.4 Å². The highest BCUT2D eigenvalue weighted by Gasteiger charge is 2.43. The first-order valence-corrected chi connectivity index (χ1v) is 6.38. The number of carbonyl (C=O) groups is 1. The Hall–Kier alpha value is -2.21. The molecule has 0 spiro atoms. The van der Waals surface area contributed by atoms with Crippen LogP contribution < -0.4 is 0 Å². The van der Waals surface area contributed by atoms with Gasteiger partial charge in [0.1, 0.15) is 5.60 Å². The third kappa shape index (κ3) is 1.98. The Kier molecular flexibility index (Phi) is 3.02. The van der Waals surface area contributed by atoms with Crippen molar-refractivity contribution in [1.82, 2.24) is 10.1 Å². The number of nitrogens with zero attached hydrogens (tertiary/aromatic N) is 2. The molecule has 0 bridgehead atoms. The molecular formula is C14H14N2O4. The number of carboxylic acids is 1. The van der Waals surface area contributed by atoms with Crippen LogP contribution in [-0.4, -0.2) is 28.3 Å². The van der Waals surface area contributed by atoms with Crippen LogP contribution in [0.3, 0.4) is 0 Å². The second-order valence-corrected chi connectivity index (χ2v) is 4.86. The average molecular weight is 274 g/mol. The van der Waals surface area contributed by atoms with Crippen molar-refractivity contribution >= 4 is 5.97 Å². The van der Waals surface area contributed by atoms with E-state index in [1.54, 1.807) is 19.2 Å². The van der Waals surface area contributed by atoms with E-state index in [-0.39, 0.29) is 5.56 Å². The molecule has 1 aliphatic rings. The number of carboxylic acid groups (broad SMARTS) is 1. The van der Waals surface area contributed by atoms with E-state index < -0.39 is 11.6 Å². The monoisotopic (exact) mass is 274 g/mol. The smallest absolute Gasteiger partial charge is 0.335 e. The molecule has 1 fully saturated rings. The predicted molar refractivity (Wildman–Crippen MR) is 69.2 cm³/mol. The molecule has 0 aliphatic heterocycles. The summed E-state index contributed by atoms with van der Waals surface area (Å²) >= 11 is 0. The fourth-order valence-electron chi connectivity index (χ4n) is 2.33. The minimum absolute atomic E-state index is 0.187. The van der Waals surface area contributed by atoms with Gasteiger partial charge in [-0.1, -0.05) is 11.2 Å². The van der Waals surface area contributed by atoms with Crippen LogP contribution in [0.2, 0.25) is 0 Å². The Labute approximate surface area is 115 Å². The van der Waals surface area contributed by atoms with E-state index in [0.29, 0.717) is 17.3 Å². The van der Waals surface area contributed by atoms with E-state index in [0.717, 1.165) is 19.3 Å². The van der Waals surface area contributed by atoms with E-state index in [9.17, 15) is 4.79 Å². The molecule has 0 saturated heterocycles. The van der Waals surface area contributed by atoms with Gasteiger partial charge in [-0.15, -0.1) is 0 Å². The lowest BCUT2D eigenvalue weighted by molar-refractivity contribution is -0.0858. The van der Waals surface area contributed by atoms with Crippen molar-refractivity contribution in [2.75, 3.05) is 7.11 Å². The maximum atomic E-state index is 11.0. The van der Waals surface area contributed by atoms with Crippen LogP contribution in [0.15, 0.2) is 28.8 Å². The predicted octanol–water partition coefficient (Wildman–Crippen LogP) is 2.46. The lowest BCUT2D eigenvalue weighted by atomic mass is 9.79. The summed E-state index contributed by atoms with van der Waals surface area (Å²) in [5.41, 5.74) is 0.341. The standard InChI is InChI=1S/C14H14N2O4/c1-19-14(6-3-7-14)13-15-11(20-16-13)9-4-2-5-10(8-9)12(17)18/h2,4-5,8H,3,6-7H2,1H3,(H,17,18). The largest absolute Gasteiger partial charge is 0.478 e. The summed E-state index contributed by atoms with van der Waals surface area (Å²) in [6, 6.07) is 6.42. The zero-order chi connectivity index (χ0) is 14.2. The van der Waals surface area contributed by atoms with Gasteiger partial charge >= 0.3 is 5.97 Å². The fourth-order valence-corrected chi connectivity index (χ4v) is 2.33. The Balaban J connectivity index is 1.94. The van der Waals surface area contributed by atoms with Crippen LogP contribution in [0.5, 0.6) is 0 Å². The van der Waals surface area contributed by atoms with Gasteiger partial charge < -0.3 is 14.4 Å². The Bertz CT molecular complexity index is 641. The molecule has 6 nitrogen and oxygen atoms in total. The van der Waals surface area contributed by atoms with Crippen LogP contribution >= 0.6 is 0 Å². The van der Waals surface area contributed by atoms with E-state index in [4.69, 9.17) is 14.4 Å². The van der Waals surface area contributed by atoms with Gasteiger partial charge in [-0.2, -0.15) is 4.98 Å². The quantitative estimate of drug-likeness (QED) is 0.921. The second-order valence-electron chi connectivity index (χ2n) is 4.86. The molecule has 20 heavy (non-hydrogen) atoms. The molecule has 0 radical (unpaired) electrons. The van der Waals surface area contributed by atoms with Gasteiger partial charge in [-0.3, -0.25) is 0 Å². The normalized spacial score (nSPS) is 16.6. The van der Waals surface area contributed by atoms with E-state index in [1.165, 1.54) is 12.1 Å². The lowest BCUT2D eigenvalue weighted by Crippen LogP contribution is -2.37. The van der Waals surface area contributed by atoms with E-state index in [1.807, 2.05) is 0 Å². The maximum absolute atomic E-state index is 11.0. The molecule has 0 amide bonds. The van der Waals surface area contributed by atoms with Crippen molar-refractivity contribution in [1.29, 1.82) is 0 Å². The number of hydrogen-bond donors (Lipinski definition) is 1. The van der Waals surface area contributed by atoms with Crippen LogP contribution in [-0.2, 0) is 10.3 Å². The maximum Gasteiger partial charge on any atom is 0.335 e. The first-order valence-electron chi connectivity index (χ1n) is 6.38. The summed E-state index contributed by atoms with van der Waals surface area (Å²) < 4.78 is 10.7. The zero-order valence-corrected chi connectivity index (χ0v) is 11.0. The minimum atomic E-state index is -0.987. The van der Waals surface area contributed by atoms with Gasteiger partial charge in [0.15, 0.2) is 0 Å². The highest BCUT2D eigenvalue weighted by atomic mass is 16.5. The lowest BCUT2D eigenvalue weighted by Gasteiger charge is -2.37. The number of rotatable bonds is 4. The van der Waals surface area contributed by atoms with Crippen molar-refractivity contribution in [3.63, 3.8) is 0 Å². The highest BCUT2D eigenvalue weighted by Crippen LogP contribution is 2.43. The third-order valence-corrected chi connectivity index (χ3v) is 3.74. The SMILES string of the molecule is COC1(c2noc(-c3cccc(C(=O)O)c3)n2)CCC1. The number of aromatic carboxylic acids is 1. The number of ether oxygens (including phenoxy) is 1. The van der Waals surface area contributed by atoms with Gasteiger partial charge in [0.05, 0.1) is 5.56 Å². The first kappa shape index (κ1) is 12.8. The summed E-state index contributed by atoms with van der Waals surface area (Å²) in [4.78, 5) is 15.3. The number of hydrogen-bond acceptors (Lipinski definition) is 5. The number of benzene rings is 1.